The van der Waals surface area contributed by atoms with E-state index in [-0.39, 0.29) is 23.8 Å². The number of nitrogens with zero attached hydrogens (tertiary/aromatic N) is 1. The minimum absolute atomic E-state index is 0.214. The first kappa shape index (κ1) is 18.2. The van der Waals surface area contributed by atoms with E-state index in [4.69, 9.17) is 9.84 Å². The van der Waals surface area contributed by atoms with Gasteiger partial charge in [0, 0.05) is 19.1 Å². The van der Waals surface area contributed by atoms with Gasteiger partial charge in [-0.1, -0.05) is 0 Å². The number of carboxylic acid groups (broad SMARTS) is 1. The maximum Gasteiger partial charge on any atom is 0.308 e. The minimum Gasteiger partial charge on any atom is -0.481 e. The zero-order chi connectivity index (χ0) is 17.0. The Morgan fingerprint density at radius 3 is 2.09 bits per heavy atom. The Kier molecular flexibility index (Phi) is 5.99. The molecule has 132 valence electrons. The number of piperidine rings is 1. The van der Waals surface area contributed by atoms with Crippen molar-refractivity contribution < 1.29 is 27.9 Å². The van der Waals surface area contributed by atoms with Crippen LogP contribution in [0.2, 0.25) is 0 Å². The SMILES string of the molecule is COC(=O)C1CCN(S(=O)(=O)NC2CCC(C(=O)O)CC2)CC1. The van der Waals surface area contributed by atoms with Crippen LogP contribution in [0, 0.1) is 11.8 Å². The molecule has 0 unspecified atom stereocenters. The van der Waals surface area contributed by atoms with Crippen molar-refractivity contribution in [1.82, 2.24) is 9.03 Å². The van der Waals surface area contributed by atoms with Crippen LogP contribution in [0.15, 0.2) is 0 Å². The van der Waals surface area contributed by atoms with E-state index < -0.39 is 16.2 Å². The lowest BCUT2D eigenvalue weighted by atomic mass is 9.87. The van der Waals surface area contributed by atoms with Gasteiger partial charge >= 0.3 is 11.9 Å². The molecule has 0 spiro atoms. The summed E-state index contributed by atoms with van der Waals surface area (Å²) in [6.45, 7) is 0.582. The monoisotopic (exact) mass is 348 g/mol. The number of hydrogen-bond donors (Lipinski definition) is 2. The van der Waals surface area contributed by atoms with Gasteiger partial charge in [0.1, 0.15) is 0 Å². The van der Waals surface area contributed by atoms with Gasteiger partial charge in [0.15, 0.2) is 0 Å². The molecule has 2 aliphatic rings. The summed E-state index contributed by atoms with van der Waals surface area (Å²) in [4.78, 5) is 22.4. The fraction of sp³-hybridized carbons (Fsp3) is 0.857. The smallest absolute Gasteiger partial charge is 0.308 e. The third kappa shape index (κ3) is 4.65. The molecule has 2 N–H and O–H groups in total. The van der Waals surface area contributed by atoms with Crippen LogP contribution in [0.4, 0.5) is 0 Å². The highest BCUT2D eigenvalue weighted by molar-refractivity contribution is 7.87. The van der Waals surface area contributed by atoms with Crippen molar-refractivity contribution in [3.8, 4) is 0 Å². The summed E-state index contributed by atoms with van der Waals surface area (Å²) >= 11 is 0. The van der Waals surface area contributed by atoms with E-state index in [1.807, 2.05) is 0 Å². The third-order valence-corrected chi connectivity index (χ3v) is 6.40. The molecular weight excluding hydrogens is 324 g/mol. The van der Waals surface area contributed by atoms with Crippen LogP contribution in [0.25, 0.3) is 0 Å². The van der Waals surface area contributed by atoms with Crippen molar-refractivity contribution in [2.24, 2.45) is 11.8 Å². The van der Waals surface area contributed by atoms with E-state index in [1.54, 1.807) is 0 Å². The number of methoxy groups -OCH3 is 1. The average molecular weight is 348 g/mol. The summed E-state index contributed by atoms with van der Waals surface area (Å²) in [7, 11) is -2.26. The summed E-state index contributed by atoms with van der Waals surface area (Å²) in [6.07, 6.45) is 2.97. The van der Waals surface area contributed by atoms with Crippen LogP contribution >= 0.6 is 0 Å². The number of carbonyl (C=O) groups excluding carboxylic acids is 1. The lowest BCUT2D eigenvalue weighted by molar-refractivity contribution is -0.146. The van der Waals surface area contributed by atoms with Gasteiger partial charge in [0.25, 0.3) is 10.2 Å². The Morgan fingerprint density at radius 2 is 1.61 bits per heavy atom. The van der Waals surface area contributed by atoms with Crippen molar-refractivity contribution in [2.45, 2.75) is 44.6 Å². The number of aliphatic carboxylic acids is 1. The van der Waals surface area contributed by atoms with E-state index in [2.05, 4.69) is 4.72 Å². The Labute approximate surface area is 136 Å². The molecule has 0 aromatic rings. The van der Waals surface area contributed by atoms with Crippen LogP contribution in [-0.4, -0.2) is 56.0 Å². The molecule has 1 aliphatic carbocycles. The van der Waals surface area contributed by atoms with Crippen LogP contribution in [0.3, 0.4) is 0 Å². The second-order valence-electron chi connectivity index (χ2n) is 6.21. The topological polar surface area (TPSA) is 113 Å². The Bertz CT molecular complexity index is 533. The summed E-state index contributed by atoms with van der Waals surface area (Å²) in [5.41, 5.74) is 0. The maximum absolute atomic E-state index is 12.4. The van der Waals surface area contributed by atoms with Gasteiger partial charge in [0.05, 0.1) is 18.9 Å². The molecule has 1 aliphatic heterocycles. The number of esters is 1. The summed E-state index contributed by atoms with van der Waals surface area (Å²) in [6, 6.07) is -0.214. The van der Waals surface area contributed by atoms with Crippen LogP contribution in [0.5, 0.6) is 0 Å². The van der Waals surface area contributed by atoms with E-state index in [1.165, 1.54) is 11.4 Å². The number of ether oxygens (including phenoxy) is 1. The molecule has 0 bridgehead atoms. The number of carboxylic acids is 1. The quantitative estimate of drug-likeness (QED) is 0.693. The molecule has 1 saturated carbocycles. The number of hydrogen-bond acceptors (Lipinski definition) is 5. The molecule has 0 amide bonds. The molecule has 0 atom stereocenters. The zero-order valence-electron chi connectivity index (χ0n) is 13.2. The van der Waals surface area contributed by atoms with Crippen molar-refractivity contribution in [3.05, 3.63) is 0 Å². The third-order valence-electron chi connectivity index (χ3n) is 4.72. The van der Waals surface area contributed by atoms with Crippen molar-refractivity contribution in [2.75, 3.05) is 20.2 Å². The highest BCUT2D eigenvalue weighted by Crippen LogP contribution is 2.26. The van der Waals surface area contributed by atoms with Gasteiger partial charge in [-0.3, -0.25) is 9.59 Å². The lowest BCUT2D eigenvalue weighted by Gasteiger charge is -2.33. The normalized spacial score (nSPS) is 27.5. The van der Waals surface area contributed by atoms with Gasteiger partial charge in [-0.15, -0.1) is 0 Å². The van der Waals surface area contributed by atoms with E-state index in [0.717, 1.165) is 0 Å². The largest absolute Gasteiger partial charge is 0.481 e. The molecule has 8 nitrogen and oxygen atoms in total. The van der Waals surface area contributed by atoms with Crippen LogP contribution in [0.1, 0.15) is 38.5 Å². The molecule has 23 heavy (non-hydrogen) atoms. The van der Waals surface area contributed by atoms with E-state index >= 15 is 0 Å². The molecule has 1 heterocycles. The van der Waals surface area contributed by atoms with Crippen LogP contribution < -0.4 is 4.72 Å². The molecule has 9 heteroatoms. The Morgan fingerprint density at radius 1 is 1.04 bits per heavy atom. The molecule has 0 aromatic carbocycles. The number of rotatable bonds is 5. The second kappa shape index (κ2) is 7.59. The first-order chi connectivity index (χ1) is 10.8. The van der Waals surface area contributed by atoms with Gasteiger partial charge < -0.3 is 9.84 Å². The maximum atomic E-state index is 12.4. The van der Waals surface area contributed by atoms with Crippen molar-refractivity contribution in [1.29, 1.82) is 0 Å². The number of nitrogens with one attached hydrogen (secondary N) is 1. The molecule has 1 saturated heterocycles. The van der Waals surface area contributed by atoms with Gasteiger partial charge in [0.2, 0.25) is 0 Å². The Hall–Kier alpha value is -1.19. The van der Waals surface area contributed by atoms with Crippen molar-refractivity contribution in [3.63, 3.8) is 0 Å². The minimum atomic E-state index is -3.59. The highest BCUT2D eigenvalue weighted by atomic mass is 32.2. The summed E-state index contributed by atoms with van der Waals surface area (Å²) in [5.74, 6) is -1.71. The predicted octanol–water partition coefficient (Wildman–Crippen LogP) is 0.349. The lowest BCUT2D eigenvalue weighted by Crippen LogP contribution is -2.49. The summed E-state index contributed by atoms with van der Waals surface area (Å²) in [5, 5.41) is 8.97. The molecular formula is C14H24N2O6S. The summed E-state index contributed by atoms with van der Waals surface area (Å²) < 4.78 is 33.5. The van der Waals surface area contributed by atoms with Gasteiger partial charge in [-0.05, 0) is 38.5 Å². The fourth-order valence-corrected chi connectivity index (χ4v) is 4.74. The fourth-order valence-electron chi connectivity index (χ4n) is 3.24. The van der Waals surface area contributed by atoms with Crippen LogP contribution in [-0.2, 0) is 24.5 Å². The van der Waals surface area contributed by atoms with Crippen molar-refractivity contribution >= 4 is 22.1 Å². The zero-order valence-corrected chi connectivity index (χ0v) is 14.0. The van der Waals surface area contributed by atoms with E-state index in [9.17, 15) is 18.0 Å². The highest BCUT2D eigenvalue weighted by Gasteiger charge is 2.34. The predicted molar refractivity (Wildman–Crippen MR) is 81.8 cm³/mol. The molecule has 0 aromatic heterocycles. The first-order valence-electron chi connectivity index (χ1n) is 7.91. The Balaban J connectivity index is 1.84. The van der Waals surface area contributed by atoms with E-state index in [0.29, 0.717) is 51.6 Å². The molecule has 2 fully saturated rings. The standard InChI is InChI=1S/C14H24N2O6S/c1-22-14(19)11-6-8-16(9-7-11)23(20,21)15-12-4-2-10(3-5-12)13(17)18/h10-12,15H,2-9H2,1H3,(H,17,18). The van der Waals surface area contributed by atoms with Gasteiger partial charge in [-0.2, -0.15) is 17.4 Å². The molecule has 0 radical (unpaired) electrons. The number of carbonyl (C=O) groups is 2. The second-order valence-corrected chi connectivity index (χ2v) is 7.91. The molecule has 2 rings (SSSR count). The average Bonchev–Trinajstić information content (AvgIpc) is 2.54. The first-order valence-corrected chi connectivity index (χ1v) is 9.35. The van der Waals surface area contributed by atoms with Gasteiger partial charge in [-0.25, -0.2) is 0 Å².